The molecule has 0 aromatic heterocycles. The molecule has 0 saturated carbocycles. The molecule has 1 aromatic carbocycles. The maximum Gasteiger partial charge on any atom is 0.0643 e. The highest BCUT2D eigenvalue weighted by molar-refractivity contribution is 9.10. The van der Waals surface area contributed by atoms with Crippen molar-refractivity contribution in [2.45, 2.75) is 26.8 Å². The quantitative estimate of drug-likeness (QED) is 0.502. The minimum atomic E-state index is 0.0850. The first-order valence-corrected chi connectivity index (χ1v) is 5.71. The Bertz CT molecular complexity index is 368. The normalized spacial score (nSPS) is 12.3. The predicted molar refractivity (Wildman–Crippen MR) is 68.4 cm³/mol. The van der Waals surface area contributed by atoms with E-state index in [-0.39, 0.29) is 6.04 Å². The minimum absolute atomic E-state index is 0.0850. The van der Waals surface area contributed by atoms with Crippen molar-refractivity contribution in [3.63, 3.8) is 0 Å². The summed E-state index contributed by atoms with van der Waals surface area (Å²) in [7, 11) is 0. The number of hydrazine groups is 1. The molecule has 1 unspecified atom stereocenters. The SMILES string of the molecule is CC(C)=CC(NN)c1ccc(Br)c(C)c1. The smallest absolute Gasteiger partial charge is 0.0643 e. The first kappa shape index (κ1) is 12.4. The fourth-order valence-corrected chi connectivity index (χ4v) is 1.68. The van der Waals surface area contributed by atoms with Gasteiger partial charge in [0.2, 0.25) is 0 Å². The van der Waals surface area contributed by atoms with Crippen LogP contribution in [0.4, 0.5) is 0 Å². The van der Waals surface area contributed by atoms with Gasteiger partial charge in [0.05, 0.1) is 6.04 Å². The highest BCUT2D eigenvalue weighted by Gasteiger charge is 2.07. The Morgan fingerprint density at radius 1 is 1.47 bits per heavy atom. The summed E-state index contributed by atoms with van der Waals surface area (Å²) in [5.41, 5.74) is 6.45. The maximum atomic E-state index is 5.53. The Labute approximate surface area is 99.7 Å². The molecule has 1 aromatic rings. The summed E-state index contributed by atoms with van der Waals surface area (Å²) in [6.07, 6.45) is 2.11. The maximum absolute atomic E-state index is 5.53. The number of nitrogens with one attached hydrogen (secondary N) is 1. The van der Waals surface area contributed by atoms with Crippen LogP contribution in [0.1, 0.15) is 31.0 Å². The zero-order chi connectivity index (χ0) is 11.4. The van der Waals surface area contributed by atoms with Crippen molar-refractivity contribution < 1.29 is 0 Å². The number of halogens is 1. The zero-order valence-electron chi connectivity index (χ0n) is 9.34. The Balaban J connectivity index is 3.03. The summed E-state index contributed by atoms with van der Waals surface area (Å²) in [5.74, 6) is 5.53. The van der Waals surface area contributed by atoms with Gasteiger partial charge in [0.1, 0.15) is 0 Å². The lowest BCUT2D eigenvalue weighted by molar-refractivity contribution is 0.651. The van der Waals surface area contributed by atoms with Gasteiger partial charge in [-0.3, -0.25) is 5.84 Å². The first-order chi connectivity index (χ1) is 7.04. The number of allylic oxidation sites excluding steroid dienone is 1. The van der Waals surface area contributed by atoms with E-state index in [4.69, 9.17) is 5.84 Å². The molecule has 1 atom stereocenters. The third-order valence-corrected chi connectivity index (χ3v) is 3.11. The van der Waals surface area contributed by atoms with Gasteiger partial charge in [0.25, 0.3) is 0 Å². The molecule has 0 aliphatic carbocycles. The lowest BCUT2D eigenvalue weighted by Crippen LogP contribution is -2.26. The lowest BCUT2D eigenvalue weighted by atomic mass is 10.0. The van der Waals surface area contributed by atoms with Crippen molar-refractivity contribution in [2.24, 2.45) is 5.84 Å². The van der Waals surface area contributed by atoms with Gasteiger partial charge < -0.3 is 0 Å². The molecule has 0 aliphatic heterocycles. The number of hydrogen-bond acceptors (Lipinski definition) is 2. The molecule has 2 nitrogen and oxygen atoms in total. The molecule has 0 amide bonds. The number of hydrogen-bond donors (Lipinski definition) is 2. The molecule has 3 heteroatoms. The standard InChI is InChI=1S/C12H17BrN2/c1-8(2)6-12(15-14)10-4-5-11(13)9(3)7-10/h4-7,12,15H,14H2,1-3H3. The van der Waals surface area contributed by atoms with Gasteiger partial charge in [-0.2, -0.15) is 0 Å². The molecular weight excluding hydrogens is 252 g/mol. The van der Waals surface area contributed by atoms with Crippen LogP contribution in [0.2, 0.25) is 0 Å². The highest BCUT2D eigenvalue weighted by atomic mass is 79.9. The van der Waals surface area contributed by atoms with Crippen LogP contribution >= 0.6 is 15.9 Å². The molecule has 0 spiro atoms. The van der Waals surface area contributed by atoms with Crippen molar-refractivity contribution in [1.82, 2.24) is 5.43 Å². The van der Waals surface area contributed by atoms with Gasteiger partial charge in [-0.05, 0) is 38.0 Å². The van der Waals surface area contributed by atoms with E-state index in [2.05, 4.69) is 60.3 Å². The fraction of sp³-hybridized carbons (Fsp3) is 0.333. The van der Waals surface area contributed by atoms with Crippen molar-refractivity contribution in [3.8, 4) is 0 Å². The van der Waals surface area contributed by atoms with Crippen molar-refractivity contribution in [2.75, 3.05) is 0 Å². The molecule has 0 fully saturated rings. The van der Waals surface area contributed by atoms with Gasteiger partial charge in [-0.15, -0.1) is 0 Å². The van der Waals surface area contributed by atoms with E-state index in [1.54, 1.807) is 0 Å². The highest BCUT2D eigenvalue weighted by Crippen LogP contribution is 2.22. The van der Waals surface area contributed by atoms with E-state index < -0.39 is 0 Å². The summed E-state index contributed by atoms with van der Waals surface area (Å²) >= 11 is 3.48. The Morgan fingerprint density at radius 2 is 2.13 bits per heavy atom. The van der Waals surface area contributed by atoms with Crippen LogP contribution in [0, 0.1) is 6.92 Å². The van der Waals surface area contributed by atoms with Crippen molar-refractivity contribution >= 4 is 15.9 Å². The molecule has 3 N–H and O–H groups in total. The van der Waals surface area contributed by atoms with Crippen LogP contribution < -0.4 is 11.3 Å². The second kappa shape index (κ2) is 5.45. The second-order valence-corrected chi connectivity index (χ2v) is 4.75. The van der Waals surface area contributed by atoms with Crippen LogP contribution in [0.15, 0.2) is 34.3 Å². The average Bonchev–Trinajstić information content (AvgIpc) is 2.18. The molecule has 1 rings (SSSR count). The second-order valence-electron chi connectivity index (χ2n) is 3.90. The van der Waals surface area contributed by atoms with Crippen LogP contribution in [0.5, 0.6) is 0 Å². The van der Waals surface area contributed by atoms with Crippen LogP contribution in [-0.4, -0.2) is 0 Å². The zero-order valence-corrected chi connectivity index (χ0v) is 10.9. The number of benzene rings is 1. The summed E-state index contributed by atoms with van der Waals surface area (Å²) in [6.45, 7) is 6.20. The number of aryl methyl sites for hydroxylation is 1. The molecule has 82 valence electrons. The van der Waals surface area contributed by atoms with Crippen LogP contribution in [0.3, 0.4) is 0 Å². The van der Waals surface area contributed by atoms with Crippen LogP contribution in [-0.2, 0) is 0 Å². The predicted octanol–water partition coefficient (Wildman–Crippen LogP) is 3.23. The molecule has 0 radical (unpaired) electrons. The lowest BCUT2D eigenvalue weighted by Gasteiger charge is -2.14. The van der Waals surface area contributed by atoms with E-state index in [1.165, 1.54) is 16.7 Å². The third-order valence-electron chi connectivity index (χ3n) is 2.22. The van der Waals surface area contributed by atoms with Gasteiger partial charge in [-0.25, -0.2) is 5.43 Å². The minimum Gasteiger partial charge on any atom is -0.271 e. The summed E-state index contributed by atoms with van der Waals surface area (Å²) in [5, 5.41) is 0. The van der Waals surface area contributed by atoms with E-state index in [0.29, 0.717) is 0 Å². The molecule has 0 heterocycles. The van der Waals surface area contributed by atoms with Gasteiger partial charge in [0.15, 0.2) is 0 Å². The van der Waals surface area contributed by atoms with E-state index in [1.807, 2.05) is 6.07 Å². The van der Waals surface area contributed by atoms with Crippen molar-refractivity contribution in [1.29, 1.82) is 0 Å². The Hall–Kier alpha value is -0.640. The fourth-order valence-electron chi connectivity index (χ4n) is 1.44. The number of nitrogens with two attached hydrogens (primary N) is 1. The van der Waals surface area contributed by atoms with E-state index in [0.717, 1.165) is 4.47 Å². The summed E-state index contributed by atoms with van der Waals surface area (Å²) in [4.78, 5) is 0. The van der Waals surface area contributed by atoms with Crippen molar-refractivity contribution in [3.05, 3.63) is 45.4 Å². The topological polar surface area (TPSA) is 38.0 Å². The van der Waals surface area contributed by atoms with E-state index >= 15 is 0 Å². The monoisotopic (exact) mass is 268 g/mol. The van der Waals surface area contributed by atoms with Gasteiger partial charge in [0, 0.05) is 4.47 Å². The third kappa shape index (κ3) is 3.45. The Morgan fingerprint density at radius 3 is 2.60 bits per heavy atom. The molecule has 15 heavy (non-hydrogen) atoms. The van der Waals surface area contributed by atoms with E-state index in [9.17, 15) is 0 Å². The van der Waals surface area contributed by atoms with Crippen LogP contribution in [0.25, 0.3) is 0 Å². The van der Waals surface area contributed by atoms with Gasteiger partial charge in [-0.1, -0.05) is 39.7 Å². The molecule has 0 bridgehead atoms. The molecule has 0 saturated heterocycles. The molecular formula is C12H17BrN2. The average molecular weight is 269 g/mol. The number of rotatable bonds is 3. The first-order valence-electron chi connectivity index (χ1n) is 4.92. The Kier molecular flexibility index (Phi) is 4.51. The summed E-state index contributed by atoms with van der Waals surface area (Å²) < 4.78 is 1.12. The summed E-state index contributed by atoms with van der Waals surface area (Å²) in [6, 6.07) is 6.34. The molecule has 0 aliphatic rings. The largest absolute Gasteiger partial charge is 0.271 e. The van der Waals surface area contributed by atoms with Gasteiger partial charge >= 0.3 is 0 Å².